The predicted molar refractivity (Wildman–Crippen MR) is 69.2 cm³/mol. The molecule has 1 N–H and O–H groups in total. The van der Waals surface area contributed by atoms with E-state index < -0.39 is 0 Å². The summed E-state index contributed by atoms with van der Waals surface area (Å²) in [5, 5.41) is 3.52. The molecule has 0 amide bonds. The molecule has 0 radical (unpaired) electrons. The maximum Gasteiger partial charge on any atom is 0.0931 e. The lowest BCUT2D eigenvalue weighted by molar-refractivity contribution is 0.0240. The van der Waals surface area contributed by atoms with Crippen LogP contribution in [-0.2, 0) is 11.3 Å². The van der Waals surface area contributed by atoms with Crippen molar-refractivity contribution in [1.82, 2.24) is 5.32 Å². The number of ether oxygens (including phenoxy) is 1. The second-order valence-corrected chi connectivity index (χ2v) is 6.53. The summed E-state index contributed by atoms with van der Waals surface area (Å²) in [6, 6.07) is 4.05. The molecule has 2 heterocycles. The molecule has 0 atom stereocenters. The maximum absolute atomic E-state index is 5.89. The Morgan fingerprint density at radius 3 is 2.81 bits per heavy atom. The summed E-state index contributed by atoms with van der Waals surface area (Å²) in [5.74, 6) is 0. The second kappa shape index (κ2) is 5.50. The molecule has 2 nitrogen and oxygen atoms in total. The molecule has 90 valence electrons. The Bertz CT molecular complexity index is 334. The Labute approximate surface area is 106 Å². The minimum atomic E-state index is 0.402. The van der Waals surface area contributed by atoms with Gasteiger partial charge in [-0.3, -0.25) is 0 Å². The van der Waals surface area contributed by atoms with Crippen molar-refractivity contribution in [1.29, 1.82) is 0 Å². The van der Waals surface area contributed by atoms with E-state index in [4.69, 9.17) is 16.3 Å². The molecule has 4 heteroatoms. The molecular weight excluding hydrogens is 242 g/mol. The summed E-state index contributed by atoms with van der Waals surface area (Å²) in [6.07, 6.45) is 2.32. The van der Waals surface area contributed by atoms with E-state index in [1.165, 1.54) is 4.88 Å². The molecule has 1 aliphatic heterocycles. The quantitative estimate of drug-likeness (QED) is 0.896. The zero-order chi connectivity index (χ0) is 11.4. The van der Waals surface area contributed by atoms with Crippen LogP contribution >= 0.6 is 22.9 Å². The molecule has 1 saturated heterocycles. The second-order valence-electron chi connectivity index (χ2n) is 4.73. The fraction of sp³-hybridized carbons (Fsp3) is 0.667. The molecule has 1 aromatic heterocycles. The molecule has 0 spiro atoms. The number of nitrogens with one attached hydrogen (secondary N) is 1. The third-order valence-electron chi connectivity index (χ3n) is 3.18. The van der Waals surface area contributed by atoms with Crippen LogP contribution in [0.5, 0.6) is 0 Å². The van der Waals surface area contributed by atoms with Gasteiger partial charge < -0.3 is 10.1 Å². The van der Waals surface area contributed by atoms with Crippen molar-refractivity contribution in [2.45, 2.75) is 26.3 Å². The van der Waals surface area contributed by atoms with Gasteiger partial charge in [-0.1, -0.05) is 18.5 Å². The van der Waals surface area contributed by atoms with Gasteiger partial charge in [-0.2, -0.15) is 0 Å². The van der Waals surface area contributed by atoms with Crippen molar-refractivity contribution < 1.29 is 4.74 Å². The number of hydrogen-bond donors (Lipinski definition) is 1. The van der Waals surface area contributed by atoms with Gasteiger partial charge >= 0.3 is 0 Å². The van der Waals surface area contributed by atoms with Crippen LogP contribution in [0.2, 0.25) is 4.34 Å². The number of halogens is 1. The van der Waals surface area contributed by atoms with E-state index in [0.29, 0.717) is 5.41 Å². The normalized spacial score (nSPS) is 19.9. The Balaban J connectivity index is 1.74. The monoisotopic (exact) mass is 259 g/mol. The van der Waals surface area contributed by atoms with Crippen LogP contribution in [0.25, 0.3) is 0 Å². The highest BCUT2D eigenvalue weighted by molar-refractivity contribution is 7.16. The zero-order valence-electron chi connectivity index (χ0n) is 9.59. The van der Waals surface area contributed by atoms with Gasteiger partial charge in [-0.05, 0) is 30.4 Å². The van der Waals surface area contributed by atoms with Gasteiger partial charge in [0, 0.05) is 31.2 Å². The fourth-order valence-corrected chi connectivity index (χ4v) is 3.03. The first-order valence-corrected chi connectivity index (χ1v) is 6.90. The first-order valence-electron chi connectivity index (χ1n) is 5.71. The average Bonchev–Trinajstić information content (AvgIpc) is 2.65. The van der Waals surface area contributed by atoms with Gasteiger partial charge in [0.15, 0.2) is 0 Å². The Morgan fingerprint density at radius 1 is 1.44 bits per heavy atom. The van der Waals surface area contributed by atoms with Crippen molar-refractivity contribution in [3.05, 3.63) is 21.3 Å². The predicted octanol–water partition coefficient (Wildman–Crippen LogP) is 3.31. The largest absolute Gasteiger partial charge is 0.381 e. The smallest absolute Gasteiger partial charge is 0.0931 e. The Morgan fingerprint density at radius 2 is 2.19 bits per heavy atom. The molecule has 0 bridgehead atoms. The van der Waals surface area contributed by atoms with Crippen molar-refractivity contribution in [2.75, 3.05) is 19.8 Å². The summed E-state index contributed by atoms with van der Waals surface area (Å²) in [4.78, 5) is 1.31. The van der Waals surface area contributed by atoms with Crippen LogP contribution in [0.15, 0.2) is 12.1 Å². The van der Waals surface area contributed by atoms with E-state index in [1.54, 1.807) is 11.3 Å². The highest BCUT2D eigenvalue weighted by Gasteiger charge is 2.26. The topological polar surface area (TPSA) is 21.3 Å². The maximum atomic E-state index is 5.89. The van der Waals surface area contributed by atoms with Gasteiger partial charge in [0.25, 0.3) is 0 Å². The van der Waals surface area contributed by atoms with Crippen LogP contribution in [0.3, 0.4) is 0 Å². The summed E-state index contributed by atoms with van der Waals surface area (Å²) < 4.78 is 6.26. The summed E-state index contributed by atoms with van der Waals surface area (Å²) in [7, 11) is 0. The van der Waals surface area contributed by atoms with Crippen LogP contribution < -0.4 is 5.32 Å². The van der Waals surface area contributed by atoms with Gasteiger partial charge in [-0.15, -0.1) is 11.3 Å². The summed E-state index contributed by atoms with van der Waals surface area (Å²) in [6.45, 7) is 6.13. The minimum absolute atomic E-state index is 0.402. The summed E-state index contributed by atoms with van der Waals surface area (Å²) in [5.41, 5.74) is 0.402. The lowest BCUT2D eigenvalue weighted by Crippen LogP contribution is -2.36. The van der Waals surface area contributed by atoms with E-state index in [-0.39, 0.29) is 0 Å². The lowest BCUT2D eigenvalue weighted by Gasteiger charge is -2.33. The average molecular weight is 260 g/mol. The molecule has 0 unspecified atom stereocenters. The number of hydrogen-bond acceptors (Lipinski definition) is 3. The van der Waals surface area contributed by atoms with E-state index in [0.717, 1.165) is 43.5 Å². The first-order chi connectivity index (χ1) is 7.68. The van der Waals surface area contributed by atoms with Gasteiger partial charge in [-0.25, -0.2) is 0 Å². The van der Waals surface area contributed by atoms with E-state index >= 15 is 0 Å². The minimum Gasteiger partial charge on any atom is -0.381 e. The van der Waals surface area contributed by atoms with Gasteiger partial charge in [0.2, 0.25) is 0 Å². The standard InChI is InChI=1S/C12H18ClNOS/c1-12(4-6-15-7-5-12)9-14-8-10-2-3-11(13)16-10/h2-3,14H,4-9H2,1H3. The zero-order valence-corrected chi connectivity index (χ0v) is 11.2. The van der Waals surface area contributed by atoms with Crippen LogP contribution in [0.1, 0.15) is 24.6 Å². The van der Waals surface area contributed by atoms with Crippen molar-refractivity contribution in [3.63, 3.8) is 0 Å². The van der Waals surface area contributed by atoms with E-state index in [9.17, 15) is 0 Å². The molecule has 0 saturated carbocycles. The molecule has 1 aliphatic rings. The molecular formula is C12H18ClNOS. The van der Waals surface area contributed by atoms with Crippen molar-refractivity contribution >= 4 is 22.9 Å². The van der Waals surface area contributed by atoms with Crippen molar-refractivity contribution in [2.24, 2.45) is 5.41 Å². The molecule has 2 rings (SSSR count). The highest BCUT2D eigenvalue weighted by atomic mass is 35.5. The number of rotatable bonds is 4. The van der Waals surface area contributed by atoms with Gasteiger partial charge in [0.1, 0.15) is 0 Å². The number of thiophene rings is 1. The molecule has 1 aromatic rings. The first kappa shape index (κ1) is 12.4. The van der Waals surface area contributed by atoms with Gasteiger partial charge in [0.05, 0.1) is 4.34 Å². The van der Waals surface area contributed by atoms with E-state index in [2.05, 4.69) is 18.3 Å². The highest BCUT2D eigenvalue weighted by Crippen LogP contribution is 2.29. The molecule has 0 aromatic carbocycles. The Hall–Kier alpha value is -0.0900. The molecule has 16 heavy (non-hydrogen) atoms. The SMILES string of the molecule is CC1(CNCc2ccc(Cl)s2)CCOCC1. The lowest BCUT2D eigenvalue weighted by atomic mass is 9.82. The molecule has 0 aliphatic carbocycles. The van der Waals surface area contributed by atoms with Crippen LogP contribution in [0.4, 0.5) is 0 Å². The third kappa shape index (κ3) is 3.45. The van der Waals surface area contributed by atoms with Crippen molar-refractivity contribution in [3.8, 4) is 0 Å². The fourth-order valence-electron chi connectivity index (χ4n) is 1.98. The summed E-state index contributed by atoms with van der Waals surface area (Å²) >= 11 is 7.54. The third-order valence-corrected chi connectivity index (χ3v) is 4.41. The molecule has 1 fully saturated rings. The van der Waals surface area contributed by atoms with E-state index in [1.807, 2.05) is 6.07 Å². The van der Waals surface area contributed by atoms with Crippen LogP contribution in [-0.4, -0.2) is 19.8 Å². The Kier molecular flexibility index (Phi) is 4.25. The van der Waals surface area contributed by atoms with Crippen LogP contribution in [0, 0.1) is 5.41 Å².